The molecule has 8 heteroatoms. The molecule has 4 rings (SSSR count). The molecule has 0 atom stereocenters. The van der Waals surface area contributed by atoms with Crippen LogP contribution >= 0.6 is 0 Å². The van der Waals surface area contributed by atoms with E-state index in [1.807, 2.05) is 43.3 Å². The molecule has 0 N–H and O–H groups in total. The maximum absolute atomic E-state index is 13.7. The highest BCUT2D eigenvalue weighted by Gasteiger charge is 2.34. The molecule has 7 nitrogen and oxygen atoms in total. The maximum Gasteiger partial charge on any atom is 0.269 e. The third-order valence-corrected chi connectivity index (χ3v) is 7.87. The lowest BCUT2D eigenvalue weighted by Gasteiger charge is -2.39. The van der Waals surface area contributed by atoms with Gasteiger partial charge in [0.1, 0.15) is 0 Å². The highest BCUT2D eigenvalue weighted by atomic mass is 32.2. The van der Waals surface area contributed by atoms with Gasteiger partial charge in [0.15, 0.2) is 0 Å². The zero-order chi connectivity index (χ0) is 23.4. The van der Waals surface area contributed by atoms with Gasteiger partial charge in [0.25, 0.3) is 15.7 Å². The van der Waals surface area contributed by atoms with E-state index >= 15 is 0 Å². The molecular weight excluding hydrogens is 438 g/mol. The molecule has 172 valence electrons. The molecule has 1 aliphatic heterocycles. The van der Waals surface area contributed by atoms with Gasteiger partial charge in [0.05, 0.1) is 15.5 Å². The number of sulfonamides is 1. The van der Waals surface area contributed by atoms with Crippen molar-refractivity contribution >= 4 is 21.4 Å². The predicted octanol–water partition coefficient (Wildman–Crippen LogP) is 4.76. The molecule has 1 aliphatic rings. The Bertz CT molecular complexity index is 1220. The van der Waals surface area contributed by atoms with Gasteiger partial charge in [-0.15, -0.1) is 0 Å². The summed E-state index contributed by atoms with van der Waals surface area (Å²) in [7, 11) is -3.72. The SMILES string of the molecule is Cc1cccc(N(C2CCN(Cc3cccc([N+](=O)[O-])c3)CC2)S(=O)(=O)c2ccccc2)c1. The summed E-state index contributed by atoms with van der Waals surface area (Å²) in [5, 5.41) is 11.1. The van der Waals surface area contributed by atoms with Crippen molar-refractivity contribution < 1.29 is 13.3 Å². The van der Waals surface area contributed by atoms with Crippen molar-refractivity contribution in [3.05, 3.63) is 100 Å². The topological polar surface area (TPSA) is 83.8 Å². The molecule has 0 unspecified atom stereocenters. The third kappa shape index (κ3) is 5.23. The monoisotopic (exact) mass is 465 g/mol. The summed E-state index contributed by atoms with van der Waals surface area (Å²) < 4.78 is 28.9. The lowest BCUT2D eigenvalue weighted by molar-refractivity contribution is -0.384. The van der Waals surface area contributed by atoms with Crippen molar-refractivity contribution in [3.63, 3.8) is 0 Å². The largest absolute Gasteiger partial charge is 0.299 e. The van der Waals surface area contributed by atoms with Crippen LogP contribution in [-0.2, 0) is 16.6 Å². The Balaban J connectivity index is 1.55. The van der Waals surface area contributed by atoms with Crippen molar-refractivity contribution in [1.29, 1.82) is 0 Å². The number of aryl methyl sites for hydroxylation is 1. The van der Waals surface area contributed by atoms with Crippen LogP contribution in [0.25, 0.3) is 0 Å². The summed E-state index contributed by atoms with van der Waals surface area (Å²) >= 11 is 0. The average Bonchev–Trinajstić information content (AvgIpc) is 2.81. The first-order valence-corrected chi connectivity index (χ1v) is 12.4. The van der Waals surface area contributed by atoms with Gasteiger partial charge in [-0.2, -0.15) is 0 Å². The first kappa shape index (κ1) is 22.9. The minimum absolute atomic E-state index is 0.0852. The smallest absolute Gasteiger partial charge is 0.269 e. The van der Waals surface area contributed by atoms with E-state index < -0.39 is 10.0 Å². The minimum Gasteiger partial charge on any atom is -0.299 e. The van der Waals surface area contributed by atoms with E-state index in [0.29, 0.717) is 38.2 Å². The summed E-state index contributed by atoms with van der Waals surface area (Å²) in [5.74, 6) is 0. The van der Waals surface area contributed by atoms with Crippen LogP contribution in [0.1, 0.15) is 24.0 Å². The van der Waals surface area contributed by atoms with Crippen LogP contribution in [-0.4, -0.2) is 37.4 Å². The molecule has 33 heavy (non-hydrogen) atoms. The molecule has 3 aromatic rings. The predicted molar refractivity (Wildman–Crippen MR) is 129 cm³/mol. The number of hydrogen-bond donors (Lipinski definition) is 0. The summed E-state index contributed by atoms with van der Waals surface area (Å²) in [5.41, 5.74) is 2.65. The number of anilines is 1. The summed E-state index contributed by atoms with van der Waals surface area (Å²) in [6, 6.07) is 22.7. The van der Waals surface area contributed by atoms with Crippen LogP contribution in [0.15, 0.2) is 83.8 Å². The molecule has 1 saturated heterocycles. The summed E-state index contributed by atoms with van der Waals surface area (Å²) in [6.45, 7) is 3.97. The lowest BCUT2D eigenvalue weighted by Crippen LogP contribution is -2.47. The number of nitro benzene ring substituents is 1. The highest BCUT2D eigenvalue weighted by Crippen LogP contribution is 2.31. The fraction of sp³-hybridized carbons (Fsp3) is 0.280. The standard InChI is InChI=1S/C25H27N3O4S/c1-20-7-5-9-23(17-20)27(33(31,32)25-11-3-2-4-12-25)22-13-15-26(16-14-22)19-21-8-6-10-24(18-21)28(29)30/h2-12,17-18,22H,13-16,19H2,1H3. The summed E-state index contributed by atoms with van der Waals surface area (Å²) in [6.07, 6.45) is 1.35. The van der Waals surface area contributed by atoms with Crippen molar-refractivity contribution in [2.24, 2.45) is 0 Å². The Labute approximate surface area is 194 Å². The molecule has 0 aliphatic carbocycles. The molecular formula is C25H27N3O4S. The van der Waals surface area contributed by atoms with E-state index in [1.165, 1.54) is 6.07 Å². The van der Waals surface area contributed by atoms with Crippen molar-refractivity contribution in [3.8, 4) is 0 Å². The van der Waals surface area contributed by atoms with E-state index in [0.717, 1.165) is 11.1 Å². The number of nitrogens with zero attached hydrogens (tertiary/aromatic N) is 3. The van der Waals surface area contributed by atoms with Crippen molar-refractivity contribution in [2.45, 2.75) is 37.2 Å². The van der Waals surface area contributed by atoms with E-state index in [4.69, 9.17) is 0 Å². The molecule has 3 aromatic carbocycles. The highest BCUT2D eigenvalue weighted by molar-refractivity contribution is 7.92. The molecule has 0 radical (unpaired) electrons. The van der Waals surface area contributed by atoms with Gasteiger partial charge < -0.3 is 0 Å². The Kier molecular flexibility index (Phi) is 6.76. The fourth-order valence-corrected chi connectivity index (χ4v) is 6.08. The Morgan fingerprint density at radius 1 is 0.970 bits per heavy atom. The Morgan fingerprint density at radius 3 is 2.33 bits per heavy atom. The summed E-state index contributed by atoms with van der Waals surface area (Å²) in [4.78, 5) is 13.2. The van der Waals surface area contributed by atoms with Gasteiger partial charge in [-0.25, -0.2) is 8.42 Å². The van der Waals surface area contributed by atoms with Crippen LogP contribution in [0.3, 0.4) is 0 Å². The van der Waals surface area contributed by atoms with E-state index in [1.54, 1.807) is 40.7 Å². The molecule has 0 spiro atoms. The lowest BCUT2D eigenvalue weighted by atomic mass is 10.0. The van der Waals surface area contributed by atoms with Crippen LogP contribution in [0.4, 0.5) is 11.4 Å². The minimum atomic E-state index is -3.72. The van der Waals surface area contributed by atoms with Gasteiger partial charge in [-0.1, -0.05) is 42.5 Å². The van der Waals surface area contributed by atoms with Crippen LogP contribution in [0.5, 0.6) is 0 Å². The third-order valence-electron chi connectivity index (χ3n) is 5.97. The van der Waals surface area contributed by atoms with Crippen molar-refractivity contribution in [1.82, 2.24) is 4.90 Å². The van der Waals surface area contributed by atoms with Crippen LogP contribution in [0, 0.1) is 17.0 Å². The maximum atomic E-state index is 13.7. The zero-order valence-corrected chi connectivity index (χ0v) is 19.3. The number of rotatable bonds is 7. The van der Waals surface area contributed by atoms with Crippen LogP contribution < -0.4 is 4.31 Å². The fourth-order valence-electron chi connectivity index (χ4n) is 4.36. The van der Waals surface area contributed by atoms with E-state index in [-0.39, 0.29) is 21.5 Å². The molecule has 0 saturated carbocycles. The Hall–Kier alpha value is -3.23. The normalized spacial score (nSPS) is 15.3. The number of piperidine rings is 1. The zero-order valence-electron chi connectivity index (χ0n) is 18.5. The van der Waals surface area contributed by atoms with Gasteiger partial charge >= 0.3 is 0 Å². The molecule has 0 bridgehead atoms. The molecule has 1 fully saturated rings. The second-order valence-electron chi connectivity index (χ2n) is 8.39. The second-order valence-corrected chi connectivity index (χ2v) is 10.2. The van der Waals surface area contributed by atoms with Gasteiger partial charge in [-0.05, 0) is 55.2 Å². The number of hydrogen-bond acceptors (Lipinski definition) is 5. The van der Waals surface area contributed by atoms with E-state index in [9.17, 15) is 18.5 Å². The number of likely N-dealkylation sites (tertiary alicyclic amines) is 1. The van der Waals surface area contributed by atoms with E-state index in [2.05, 4.69) is 4.90 Å². The van der Waals surface area contributed by atoms with Gasteiger partial charge in [0.2, 0.25) is 0 Å². The number of benzene rings is 3. The number of non-ortho nitro benzene ring substituents is 1. The Morgan fingerprint density at radius 2 is 1.67 bits per heavy atom. The van der Waals surface area contributed by atoms with Gasteiger partial charge in [-0.3, -0.25) is 19.3 Å². The molecule has 0 aromatic heterocycles. The first-order valence-electron chi connectivity index (χ1n) is 11.0. The molecule has 1 heterocycles. The first-order chi connectivity index (χ1) is 15.8. The average molecular weight is 466 g/mol. The van der Waals surface area contributed by atoms with Crippen molar-refractivity contribution in [2.75, 3.05) is 17.4 Å². The van der Waals surface area contributed by atoms with Crippen LogP contribution in [0.2, 0.25) is 0 Å². The second kappa shape index (κ2) is 9.72. The molecule has 0 amide bonds. The van der Waals surface area contributed by atoms with Gasteiger partial charge in [0, 0.05) is 37.8 Å². The quantitative estimate of drug-likeness (QED) is 0.371. The number of nitro groups is 1.